The minimum atomic E-state index is -0.442. The van der Waals surface area contributed by atoms with Gasteiger partial charge in [-0.25, -0.2) is 4.98 Å². The minimum Gasteiger partial charge on any atom is -0.330 e. The lowest BCUT2D eigenvalue weighted by atomic mass is 10.2. The van der Waals surface area contributed by atoms with Gasteiger partial charge in [0.25, 0.3) is 5.69 Å². The van der Waals surface area contributed by atoms with Crippen LogP contribution >= 0.6 is 11.3 Å². The molecule has 4 rings (SSSR count). The van der Waals surface area contributed by atoms with Crippen molar-refractivity contribution in [2.24, 2.45) is 0 Å². The van der Waals surface area contributed by atoms with Gasteiger partial charge < -0.3 is 4.90 Å². The highest BCUT2D eigenvalue weighted by molar-refractivity contribution is 7.18. The van der Waals surface area contributed by atoms with Crippen LogP contribution in [0.1, 0.15) is 29.5 Å². The third kappa shape index (κ3) is 3.59. The van der Waals surface area contributed by atoms with Crippen molar-refractivity contribution in [1.29, 1.82) is 0 Å². The number of nitrogens with zero attached hydrogens (tertiary/aromatic N) is 3. The van der Waals surface area contributed by atoms with Crippen LogP contribution in [0.4, 0.5) is 5.69 Å². The molecule has 27 heavy (non-hydrogen) atoms. The summed E-state index contributed by atoms with van der Waals surface area (Å²) >= 11 is 1.63. The van der Waals surface area contributed by atoms with Crippen LogP contribution in [0.5, 0.6) is 0 Å². The molecule has 7 heteroatoms. The third-order valence-electron chi connectivity index (χ3n) is 4.63. The molecule has 1 amide bonds. The Bertz CT molecular complexity index is 1010. The van der Waals surface area contributed by atoms with Crippen molar-refractivity contribution in [2.45, 2.75) is 18.9 Å². The maximum absolute atomic E-state index is 12.7. The van der Waals surface area contributed by atoms with E-state index in [2.05, 4.69) is 0 Å². The number of amides is 1. The van der Waals surface area contributed by atoms with E-state index in [0.29, 0.717) is 12.1 Å². The standard InChI is InChI=1S/C20H17N3O3S/c24-19(11-10-14-5-3-6-15(13-14)23(25)26)22-12-4-8-17(22)20-21-16-7-1-2-9-18(16)27-20/h1-3,5-7,9-11,13,17H,4,8,12H2/b11-10-/t17-/m1/s1. The number of carbonyl (C=O) groups excluding carboxylic acids is 1. The van der Waals surface area contributed by atoms with Gasteiger partial charge in [0.2, 0.25) is 5.91 Å². The molecule has 2 aromatic carbocycles. The van der Waals surface area contributed by atoms with Crippen molar-refractivity contribution in [2.75, 3.05) is 6.54 Å². The number of hydrogen-bond acceptors (Lipinski definition) is 5. The first-order chi connectivity index (χ1) is 13.1. The van der Waals surface area contributed by atoms with E-state index in [9.17, 15) is 14.9 Å². The van der Waals surface area contributed by atoms with Crippen molar-refractivity contribution >= 4 is 39.2 Å². The molecular formula is C20H17N3O3S. The second-order valence-corrected chi connectivity index (χ2v) is 7.46. The molecule has 1 atom stereocenters. The predicted octanol–water partition coefficient (Wildman–Crippen LogP) is 4.58. The van der Waals surface area contributed by atoms with Gasteiger partial charge in [-0.15, -0.1) is 11.3 Å². The zero-order chi connectivity index (χ0) is 18.8. The molecule has 136 valence electrons. The van der Waals surface area contributed by atoms with Gasteiger partial charge in [-0.2, -0.15) is 0 Å². The van der Waals surface area contributed by atoms with E-state index < -0.39 is 4.92 Å². The Morgan fingerprint density at radius 3 is 2.93 bits per heavy atom. The summed E-state index contributed by atoms with van der Waals surface area (Å²) in [5, 5.41) is 11.8. The van der Waals surface area contributed by atoms with Gasteiger partial charge in [0.1, 0.15) is 5.01 Å². The zero-order valence-corrected chi connectivity index (χ0v) is 15.3. The SMILES string of the molecule is O=C(/C=C\c1cccc([N+](=O)[O-])c1)N1CCC[C@@H]1c1nc2ccccc2s1. The Balaban J connectivity index is 1.54. The van der Waals surface area contributed by atoms with Crippen molar-refractivity contribution in [3.8, 4) is 0 Å². The first-order valence-electron chi connectivity index (χ1n) is 8.70. The molecule has 0 aliphatic carbocycles. The number of carbonyl (C=O) groups is 1. The van der Waals surface area contributed by atoms with E-state index >= 15 is 0 Å². The lowest BCUT2D eigenvalue weighted by Crippen LogP contribution is -2.28. The highest BCUT2D eigenvalue weighted by atomic mass is 32.1. The number of aromatic nitrogens is 1. The van der Waals surface area contributed by atoms with E-state index in [4.69, 9.17) is 4.98 Å². The van der Waals surface area contributed by atoms with Gasteiger partial charge in [-0.05, 0) is 36.6 Å². The number of thiazole rings is 1. The summed E-state index contributed by atoms with van der Waals surface area (Å²) in [6.07, 6.45) is 4.96. The molecule has 0 spiro atoms. The minimum absolute atomic E-state index is 0.00957. The van der Waals surface area contributed by atoms with Crippen LogP contribution in [0.2, 0.25) is 0 Å². The van der Waals surface area contributed by atoms with Crippen molar-refractivity contribution < 1.29 is 9.72 Å². The van der Waals surface area contributed by atoms with Crippen LogP contribution in [0.15, 0.2) is 54.6 Å². The second-order valence-electron chi connectivity index (χ2n) is 6.39. The lowest BCUT2D eigenvalue weighted by Gasteiger charge is -2.21. The maximum Gasteiger partial charge on any atom is 0.270 e. The molecule has 1 saturated heterocycles. The summed E-state index contributed by atoms with van der Waals surface area (Å²) in [5.74, 6) is -0.0942. The van der Waals surface area contributed by atoms with E-state index in [0.717, 1.165) is 28.1 Å². The van der Waals surface area contributed by atoms with Gasteiger partial charge in [-0.1, -0.05) is 24.3 Å². The van der Waals surface area contributed by atoms with Crippen LogP contribution in [0, 0.1) is 10.1 Å². The van der Waals surface area contributed by atoms with Gasteiger partial charge in [0.15, 0.2) is 0 Å². The average molecular weight is 379 g/mol. The Hall–Kier alpha value is -3.06. The Morgan fingerprint density at radius 1 is 1.26 bits per heavy atom. The first kappa shape index (κ1) is 17.4. The smallest absolute Gasteiger partial charge is 0.270 e. The number of fused-ring (bicyclic) bond motifs is 1. The lowest BCUT2D eigenvalue weighted by molar-refractivity contribution is -0.384. The number of non-ortho nitro benzene ring substituents is 1. The fraction of sp³-hybridized carbons (Fsp3) is 0.200. The number of likely N-dealkylation sites (tertiary alicyclic amines) is 1. The summed E-state index contributed by atoms with van der Waals surface area (Å²) in [4.78, 5) is 29.7. The molecule has 0 bridgehead atoms. The number of nitro groups is 1. The quantitative estimate of drug-likeness (QED) is 0.378. The van der Waals surface area contributed by atoms with Gasteiger partial charge in [0, 0.05) is 24.8 Å². The zero-order valence-electron chi connectivity index (χ0n) is 14.4. The Morgan fingerprint density at radius 2 is 2.11 bits per heavy atom. The van der Waals surface area contributed by atoms with Gasteiger partial charge >= 0.3 is 0 Å². The van der Waals surface area contributed by atoms with Crippen molar-refractivity contribution in [3.63, 3.8) is 0 Å². The first-order valence-corrected chi connectivity index (χ1v) is 9.52. The van der Waals surface area contributed by atoms with Gasteiger partial charge in [0.05, 0.1) is 21.2 Å². The van der Waals surface area contributed by atoms with Crippen molar-refractivity contribution in [1.82, 2.24) is 9.88 Å². The molecular weight excluding hydrogens is 362 g/mol. The molecule has 1 aromatic heterocycles. The third-order valence-corrected chi connectivity index (χ3v) is 5.77. The molecule has 0 radical (unpaired) electrons. The summed E-state index contributed by atoms with van der Waals surface area (Å²) < 4.78 is 1.12. The van der Waals surface area contributed by atoms with Gasteiger partial charge in [-0.3, -0.25) is 14.9 Å². The molecule has 0 unspecified atom stereocenters. The Kier molecular flexibility index (Phi) is 4.68. The highest BCUT2D eigenvalue weighted by Gasteiger charge is 2.31. The summed E-state index contributed by atoms with van der Waals surface area (Å²) in [6, 6.07) is 14.2. The van der Waals surface area contributed by atoms with E-state index in [-0.39, 0.29) is 17.6 Å². The summed E-state index contributed by atoms with van der Waals surface area (Å²) in [6.45, 7) is 0.693. The highest BCUT2D eigenvalue weighted by Crippen LogP contribution is 2.36. The molecule has 3 aromatic rings. The fourth-order valence-electron chi connectivity index (χ4n) is 3.33. The molecule has 1 fully saturated rings. The molecule has 1 aliphatic heterocycles. The van der Waals surface area contributed by atoms with E-state index in [1.54, 1.807) is 29.5 Å². The molecule has 0 N–H and O–H groups in total. The maximum atomic E-state index is 12.7. The molecule has 1 aliphatic rings. The fourth-order valence-corrected chi connectivity index (χ4v) is 4.44. The second kappa shape index (κ2) is 7.28. The molecule has 6 nitrogen and oxygen atoms in total. The largest absolute Gasteiger partial charge is 0.330 e. The van der Waals surface area contributed by atoms with E-state index in [1.165, 1.54) is 18.2 Å². The normalized spacial score (nSPS) is 17.0. The summed E-state index contributed by atoms with van der Waals surface area (Å²) in [7, 11) is 0. The summed E-state index contributed by atoms with van der Waals surface area (Å²) in [5.41, 5.74) is 1.61. The number of rotatable bonds is 4. The van der Waals surface area contributed by atoms with Crippen molar-refractivity contribution in [3.05, 3.63) is 75.3 Å². The number of nitro benzene ring substituents is 1. The molecule has 0 saturated carbocycles. The number of para-hydroxylation sites is 1. The number of benzene rings is 2. The van der Waals surface area contributed by atoms with Crippen LogP contribution in [0.3, 0.4) is 0 Å². The van der Waals surface area contributed by atoms with Crippen LogP contribution < -0.4 is 0 Å². The topological polar surface area (TPSA) is 76.3 Å². The predicted molar refractivity (Wildman–Crippen MR) is 105 cm³/mol. The van der Waals surface area contributed by atoms with E-state index in [1.807, 2.05) is 29.2 Å². The van der Waals surface area contributed by atoms with Crippen LogP contribution in [-0.4, -0.2) is 27.3 Å². The monoisotopic (exact) mass is 379 g/mol. The number of hydrogen-bond donors (Lipinski definition) is 0. The Labute approximate surface area is 159 Å². The molecule has 2 heterocycles. The van der Waals surface area contributed by atoms with Crippen LogP contribution in [0.25, 0.3) is 16.3 Å². The van der Waals surface area contributed by atoms with Crippen LogP contribution in [-0.2, 0) is 4.79 Å². The average Bonchev–Trinajstić information content (AvgIpc) is 3.32.